The lowest BCUT2D eigenvalue weighted by Gasteiger charge is -2.16. The Morgan fingerprint density at radius 2 is 1.30 bits per heavy atom. The Balaban J connectivity index is 2.15. The number of hydrogen-bond acceptors (Lipinski definition) is 0. The van der Waals surface area contributed by atoms with Crippen LogP contribution in [0.1, 0.15) is 48.9 Å². The molecule has 0 fully saturated rings. The van der Waals surface area contributed by atoms with Gasteiger partial charge < -0.3 is 0 Å². The summed E-state index contributed by atoms with van der Waals surface area (Å²) in [6.07, 6.45) is 1.06. The van der Waals surface area contributed by atoms with Crippen molar-refractivity contribution >= 4 is 21.5 Å². The molecule has 0 saturated carbocycles. The molecule has 0 atom stereocenters. The second-order valence-electron chi connectivity index (χ2n) is 8.17. The van der Waals surface area contributed by atoms with Crippen LogP contribution in [0, 0.1) is 13.8 Å². The first-order valence-corrected chi connectivity index (χ1v) is 10.0. The first-order chi connectivity index (χ1) is 13.0. The predicted octanol–water partition coefficient (Wildman–Crippen LogP) is 7.96. The molecule has 4 aromatic rings. The van der Waals surface area contributed by atoms with Gasteiger partial charge in [0.05, 0.1) is 0 Å². The molecule has 0 heterocycles. The quantitative estimate of drug-likeness (QED) is 0.328. The molecule has 0 aliphatic heterocycles. The van der Waals surface area contributed by atoms with E-state index in [2.05, 4.69) is 95.3 Å². The number of hydrogen-bond donors (Lipinski definition) is 0. The summed E-state index contributed by atoms with van der Waals surface area (Å²) in [6.45, 7) is 11.2. The van der Waals surface area contributed by atoms with Crippen molar-refractivity contribution in [2.24, 2.45) is 0 Å². The van der Waals surface area contributed by atoms with Gasteiger partial charge in [0.25, 0.3) is 0 Å². The maximum Gasteiger partial charge on any atom is -0.00266 e. The highest BCUT2D eigenvalue weighted by atomic mass is 14.2. The van der Waals surface area contributed by atoms with Crippen molar-refractivity contribution < 1.29 is 0 Å². The Kier molecular flexibility index (Phi) is 4.52. The summed E-state index contributed by atoms with van der Waals surface area (Å²) in [7, 11) is 0. The standard InChI is InChI=1S/C27H28/c1-6-20-13-21(17(2)3)15-24(14-20)27-25-9-7-18(4)11-22(25)16-23-12-19(5)8-10-26(23)27/h7-17H,6H2,1-5H3. The third-order valence-corrected chi connectivity index (χ3v) is 5.64. The van der Waals surface area contributed by atoms with Crippen LogP contribution in [0.5, 0.6) is 0 Å². The first kappa shape index (κ1) is 17.8. The molecule has 0 heteroatoms. The minimum Gasteiger partial charge on any atom is -0.0613 e. The molecule has 0 spiro atoms. The summed E-state index contributed by atoms with van der Waals surface area (Å²) in [5.74, 6) is 0.529. The summed E-state index contributed by atoms with van der Waals surface area (Å²) >= 11 is 0. The van der Waals surface area contributed by atoms with E-state index < -0.39 is 0 Å². The highest BCUT2D eigenvalue weighted by Crippen LogP contribution is 2.38. The fourth-order valence-electron chi connectivity index (χ4n) is 4.08. The van der Waals surface area contributed by atoms with E-state index in [0.717, 1.165) is 6.42 Å². The van der Waals surface area contributed by atoms with Crippen molar-refractivity contribution in [3.8, 4) is 11.1 Å². The summed E-state index contributed by atoms with van der Waals surface area (Å²) < 4.78 is 0. The fourth-order valence-corrected chi connectivity index (χ4v) is 4.08. The van der Waals surface area contributed by atoms with E-state index in [9.17, 15) is 0 Å². The maximum atomic E-state index is 2.40. The minimum atomic E-state index is 0.529. The van der Waals surface area contributed by atoms with Crippen LogP contribution in [0.3, 0.4) is 0 Å². The molecule has 4 rings (SSSR count). The zero-order valence-corrected chi connectivity index (χ0v) is 17.1. The SMILES string of the molecule is CCc1cc(-c2c3ccc(C)cc3cc3cc(C)ccc23)cc(C(C)C)c1. The zero-order valence-electron chi connectivity index (χ0n) is 17.1. The zero-order chi connectivity index (χ0) is 19.1. The van der Waals surface area contributed by atoms with Crippen LogP contribution in [0.2, 0.25) is 0 Å². The van der Waals surface area contributed by atoms with Crippen LogP contribution in [0.15, 0.2) is 60.7 Å². The highest BCUT2D eigenvalue weighted by molar-refractivity contribution is 6.13. The Hall–Kier alpha value is -2.60. The van der Waals surface area contributed by atoms with Gasteiger partial charge in [0.15, 0.2) is 0 Å². The molecule has 27 heavy (non-hydrogen) atoms. The van der Waals surface area contributed by atoms with E-state index >= 15 is 0 Å². The molecule has 0 nitrogen and oxygen atoms in total. The molecule has 0 aliphatic rings. The third-order valence-electron chi connectivity index (χ3n) is 5.64. The van der Waals surface area contributed by atoms with E-state index in [0.29, 0.717) is 5.92 Å². The van der Waals surface area contributed by atoms with Crippen molar-refractivity contribution in [1.82, 2.24) is 0 Å². The Morgan fingerprint density at radius 1 is 0.704 bits per heavy atom. The molecule has 0 N–H and O–H groups in total. The van der Waals surface area contributed by atoms with E-state index in [-0.39, 0.29) is 0 Å². The molecule has 0 aliphatic carbocycles. The smallest absolute Gasteiger partial charge is 0.00266 e. The Morgan fingerprint density at radius 3 is 1.81 bits per heavy atom. The lowest BCUT2D eigenvalue weighted by atomic mass is 9.87. The van der Waals surface area contributed by atoms with Gasteiger partial charge in [-0.2, -0.15) is 0 Å². The lowest BCUT2D eigenvalue weighted by Crippen LogP contribution is -1.94. The van der Waals surface area contributed by atoms with Gasteiger partial charge in [-0.3, -0.25) is 0 Å². The Labute approximate surface area is 162 Å². The topological polar surface area (TPSA) is 0 Å². The van der Waals surface area contributed by atoms with E-state index in [1.165, 1.54) is 54.9 Å². The van der Waals surface area contributed by atoms with Gasteiger partial charge in [-0.05, 0) is 76.1 Å². The lowest BCUT2D eigenvalue weighted by molar-refractivity contribution is 0.863. The average molecular weight is 353 g/mol. The second-order valence-corrected chi connectivity index (χ2v) is 8.17. The number of rotatable bonds is 3. The highest BCUT2D eigenvalue weighted by Gasteiger charge is 2.13. The molecule has 0 amide bonds. The van der Waals surface area contributed by atoms with Gasteiger partial charge in [0, 0.05) is 0 Å². The van der Waals surface area contributed by atoms with E-state index in [4.69, 9.17) is 0 Å². The van der Waals surface area contributed by atoms with Crippen molar-refractivity contribution in [2.45, 2.75) is 47.0 Å². The van der Waals surface area contributed by atoms with Gasteiger partial charge in [-0.15, -0.1) is 0 Å². The van der Waals surface area contributed by atoms with E-state index in [1.54, 1.807) is 0 Å². The van der Waals surface area contributed by atoms with Crippen LogP contribution in [0.25, 0.3) is 32.7 Å². The van der Waals surface area contributed by atoms with Crippen molar-refractivity contribution in [3.63, 3.8) is 0 Å². The molecule has 0 radical (unpaired) electrons. The van der Waals surface area contributed by atoms with Crippen LogP contribution >= 0.6 is 0 Å². The maximum absolute atomic E-state index is 2.40. The van der Waals surface area contributed by atoms with Crippen LogP contribution in [0.4, 0.5) is 0 Å². The fraction of sp³-hybridized carbons (Fsp3) is 0.259. The average Bonchev–Trinajstić information content (AvgIpc) is 2.65. The molecule has 136 valence electrons. The third kappa shape index (κ3) is 3.25. The molecule has 4 aromatic carbocycles. The van der Waals surface area contributed by atoms with Crippen molar-refractivity contribution in [2.75, 3.05) is 0 Å². The first-order valence-electron chi connectivity index (χ1n) is 10.0. The molecular formula is C27H28. The van der Waals surface area contributed by atoms with Gasteiger partial charge in [0.1, 0.15) is 0 Å². The van der Waals surface area contributed by atoms with Crippen molar-refractivity contribution in [1.29, 1.82) is 0 Å². The van der Waals surface area contributed by atoms with Crippen LogP contribution in [-0.4, -0.2) is 0 Å². The second kappa shape index (κ2) is 6.85. The molecule has 0 aromatic heterocycles. The van der Waals surface area contributed by atoms with E-state index in [1.807, 2.05) is 0 Å². The van der Waals surface area contributed by atoms with Gasteiger partial charge >= 0.3 is 0 Å². The van der Waals surface area contributed by atoms with Crippen molar-refractivity contribution in [3.05, 3.63) is 82.9 Å². The molecular weight excluding hydrogens is 324 g/mol. The summed E-state index contributed by atoms with van der Waals surface area (Å²) in [6, 6.07) is 23.2. The predicted molar refractivity (Wildman–Crippen MR) is 120 cm³/mol. The summed E-state index contributed by atoms with van der Waals surface area (Å²) in [5, 5.41) is 5.35. The van der Waals surface area contributed by atoms with Gasteiger partial charge in [-0.25, -0.2) is 0 Å². The largest absolute Gasteiger partial charge is 0.0613 e. The van der Waals surface area contributed by atoms with Gasteiger partial charge in [-0.1, -0.05) is 86.5 Å². The number of aryl methyl sites for hydroxylation is 3. The summed E-state index contributed by atoms with van der Waals surface area (Å²) in [4.78, 5) is 0. The monoisotopic (exact) mass is 352 g/mol. The van der Waals surface area contributed by atoms with Gasteiger partial charge in [0.2, 0.25) is 0 Å². The molecule has 0 bridgehead atoms. The molecule has 0 unspecified atom stereocenters. The minimum absolute atomic E-state index is 0.529. The number of benzene rings is 4. The van der Waals surface area contributed by atoms with Crippen LogP contribution < -0.4 is 0 Å². The molecule has 0 saturated heterocycles. The summed E-state index contributed by atoms with van der Waals surface area (Å²) in [5.41, 5.74) is 8.19. The number of fused-ring (bicyclic) bond motifs is 2. The van der Waals surface area contributed by atoms with Crippen LogP contribution in [-0.2, 0) is 6.42 Å². The Bertz CT molecular complexity index is 1090. The normalized spacial score (nSPS) is 11.6.